The Bertz CT molecular complexity index is 1180. The number of benzene rings is 3. The first kappa shape index (κ1) is 22.0. The van der Waals surface area contributed by atoms with Crippen LogP contribution in [-0.4, -0.2) is 17.8 Å². The van der Waals surface area contributed by atoms with Crippen LogP contribution in [-0.2, 0) is 6.61 Å². The van der Waals surface area contributed by atoms with Gasteiger partial charge in [-0.15, -0.1) is 11.3 Å². The lowest BCUT2D eigenvalue weighted by Crippen LogP contribution is -2.00. The standard InChI is InChI=1S/C25H22BrN3O2S/c1-2-30-24-14-19(10-13-23(24)31-16-18-8-11-21(26)12-9-18)15-27-29-25-28-22(17-32-25)20-6-4-3-5-7-20/h3-15,17H,2,16H2,1H3,(H,28,29). The Labute approximate surface area is 199 Å². The summed E-state index contributed by atoms with van der Waals surface area (Å²) in [5, 5.41) is 7.07. The van der Waals surface area contributed by atoms with Crippen LogP contribution in [0.2, 0.25) is 0 Å². The Hall–Kier alpha value is -3.16. The van der Waals surface area contributed by atoms with Crippen molar-refractivity contribution in [3.05, 3.63) is 93.8 Å². The fourth-order valence-electron chi connectivity index (χ4n) is 2.96. The number of thiazole rings is 1. The molecule has 0 atom stereocenters. The number of hydrazone groups is 1. The Morgan fingerprint density at radius 3 is 2.59 bits per heavy atom. The van der Waals surface area contributed by atoms with Crippen molar-refractivity contribution >= 4 is 38.6 Å². The average Bonchev–Trinajstić information content (AvgIpc) is 3.29. The third-order valence-electron chi connectivity index (χ3n) is 4.52. The molecule has 0 saturated heterocycles. The third kappa shape index (κ3) is 5.96. The van der Waals surface area contributed by atoms with Crippen molar-refractivity contribution in [3.8, 4) is 22.8 Å². The lowest BCUT2D eigenvalue weighted by atomic mass is 10.2. The predicted molar refractivity (Wildman–Crippen MR) is 135 cm³/mol. The SMILES string of the molecule is CCOc1cc(C=NNc2nc(-c3ccccc3)cs2)ccc1OCc1ccc(Br)cc1. The largest absolute Gasteiger partial charge is 0.490 e. The molecular weight excluding hydrogens is 486 g/mol. The lowest BCUT2D eigenvalue weighted by Gasteiger charge is -2.12. The first-order chi connectivity index (χ1) is 15.7. The van der Waals surface area contributed by atoms with Crippen molar-refractivity contribution in [2.24, 2.45) is 5.10 Å². The van der Waals surface area contributed by atoms with Crippen LogP contribution < -0.4 is 14.9 Å². The highest BCUT2D eigenvalue weighted by molar-refractivity contribution is 9.10. The van der Waals surface area contributed by atoms with Crippen molar-refractivity contribution in [3.63, 3.8) is 0 Å². The van der Waals surface area contributed by atoms with Crippen LogP contribution in [0.15, 0.2) is 87.8 Å². The molecule has 0 aliphatic rings. The second-order valence-electron chi connectivity index (χ2n) is 6.83. The van der Waals surface area contributed by atoms with E-state index < -0.39 is 0 Å². The number of anilines is 1. The Balaban J connectivity index is 1.40. The molecule has 4 rings (SSSR count). The molecule has 7 heteroatoms. The molecule has 162 valence electrons. The highest BCUT2D eigenvalue weighted by atomic mass is 79.9. The first-order valence-corrected chi connectivity index (χ1v) is 11.8. The molecule has 0 saturated carbocycles. The van der Waals surface area contributed by atoms with Gasteiger partial charge in [0.05, 0.1) is 18.5 Å². The molecule has 5 nitrogen and oxygen atoms in total. The summed E-state index contributed by atoms with van der Waals surface area (Å²) in [6.07, 6.45) is 1.74. The van der Waals surface area contributed by atoms with Crippen molar-refractivity contribution in [2.45, 2.75) is 13.5 Å². The molecular formula is C25H22BrN3O2S. The molecule has 4 aromatic rings. The van der Waals surface area contributed by atoms with Crippen molar-refractivity contribution < 1.29 is 9.47 Å². The van der Waals surface area contributed by atoms with Crippen molar-refractivity contribution in [1.29, 1.82) is 0 Å². The van der Waals surface area contributed by atoms with Crippen molar-refractivity contribution in [1.82, 2.24) is 4.98 Å². The summed E-state index contributed by atoms with van der Waals surface area (Å²) in [6, 6.07) is 23.9. The second-order valence-corrected chi connectivity index (χ2v) is 8.60. The van der Waals surface area contributed by atoms with Gasteiger partial charge in [-0.05, 0) is 48.4 Å². The van der Waals surface area contributed by atoms with E-state index >= 15 is 0 Å². The number of aromatic nitrogens is 1. The van der Waals surface area contributed by atoms with E-state index in [-0.39, 0.29) is 0 Å². The van der Waals surface area contributed by atoms with Crippen LogP contribution in [0, 0.1) is 0 Å². The van der Waals surface area contributed by atoms with Gasteiger partial charge in [0.15, 0.2) is 11.5 Å². The van der Waals surface area contributed by atoms with Gasteiger partial charge in [-0.1, -0.05) is 58.4 Å². The molecule has 0 bridgehead atoms. The summed E-state index contributed by atoms with van der Waals surface area (Å²) in [5.41, 5.74) is 7.00. The molecule has 1 N–H and O–H groups in total. The van der Waals surface area contributed by atoms with Gasteiger partial charge in [-0.2, -0.15) is 5.10 Å². The minimum atomic E-state index is 0.468. The van der Waals surface area contributed by atoms with Crippen molar-refractivity contribution in [2.75, 3.05) is 12.0 Å². The molecule has 0 aliphatic heterocycles. The number of hydrogen-bond donors (Lipinski definition) is 1. The summed E-state index contributed by atoms with van der Waals surface area (Å²) in [4.78, 5) is 4.58. The van der Waals surface area contributed by atoms with Gasteiger partial charge in [0.1, 0.15) is 6.61 Å². The molecule has 32 heavy (non-hydrogen) atoms. The number of nitrogens with one attached hydrogen (secondary N) is 1. The second kappa shape index (κ2) is 10.9. The number of hydrogen-bond acceptors (Lipinski definition) is 6. The van der Waals surface area contributed by atoms with Crippen LogP contribution in [0.5, 0.6) is 11.5 Å². The third-order valence-corrected chi connectivity index (χ3v) is 5.80. The fourth-order valence-corrected chi connectivity index (χ4v) is 3.90. The Kier molecular flexibility index (Phi) is 7.53. The van der Waals surface area contributed by atoms with E-state index in [0.717, 1.165) is 32.0 Å². The Morgan fingerprint density at radius 2 is 1.81 bits per heavy atom. The number of nitrogens with zero attached hydrogens (tertiary/aromatic N) is 2. The van der Waals surface area contributed by atoms with Crippen LogP contribution in [0.4, 0.5) is 5.13 Å². The Morgan fingerprint density at radius 1 is 1.00 bits per heavy atom. The van der Waals surface area contributed by atoms with Crippen LogP contribution in [0.25, 0.3) is 11.3 Å². The molecule has 3 aromatic carbocycles. The summed E-state index contributed by atoms with van der Waals surface area (Å²) >= 11 is 4.96. The zero-order valence-electron chi connectivity index (χ0n) is 17.5. The highest BCUT2D eigenvalue weighted by Crippen LogP contribution is 2.29. The maximum absolute atomic E-state index is 5.98. The average molecular weight is 508 g/mol. The summed E-state index contributed by atoms with van der Waals surface area (Å²) in [6.45, 7) is 2.97. The predicted octanol–water partition coefficient (Wildman–Crippen LogP) is 7.00. The van der Waals surface area contributed by atoms with Gasteiger partial charge >= 0.3 is 0 Å². The fraction of sp³-hybridized carbons (Fsp3) is 0.120. The topological polar surface area (TPSA) is 55.7 Å². The molecule has 1 heterocycles. The number of ether oxygens (including phenoxy) is 2. The monoisotopic (exact) mass is 507 g/mol. The van der Waals surface area contributed by atoms with E-state index in [4.69, 9.17) is 9.47 Å². The molecule has 0 spiro atoms. The zero-order valence-corrected chi connectivity index (χ0v) is 19.9. The molecule has 0 fully saturated rings. The lowest BCUT2D eigenvalue weighted by molar-refractivity contribution is 0.269. The van der Waals surface area contributed by atoms with E-state index in [1.807, 2.05) is 85.1 Å². The smallest absolute Gasteiger partial charge is 0.203 e. The summed E-state index contributed by atoms with van der Waals surface area (Å²) in [5.74, 6) is 1.39. The van der Waals surface area contributed by atoms with Crippen LogP contribution >= 0.6 is 27.3 Å². The van der Waals surface area contributed by atoms with Gasteiger partial charge in [0.2, 0.25) is 5.13 Å². The molecule has 1 aromatic heterocycles. The van der Waals surface area contributed by atoms with Gasteiger partial charge in [0, 0.05) is 15.4 Å². The number of halogens is 1. The van der Waals surface area contributed by atoms with E-state index in [1.54, 1.807) is 6.21 Å². The first-order valence-electron chi connectivity index (χ1n) is 10.2. The van der Waals surface area contributed by atoms with Crippen LogP contribution in [0.1, 0.15) is 18.1 Å². The van der Waals surface area contributed by atoms with Gasteiger partial charge in [-0.3, -0.25) is 5.43 Å². The van der Waals surface area contributed by atoms with Crippen LogP contribution in [0.3, 0.4) is 0 Å². The minimum Gasteiger partial charge on any atom is -0.490 e. The molecule has 0 unspecified atom stereocenters. The van der Waals surface area contributed by atoms with E-state index in [0.29, 0.717) is 24.7 Å². The van der Waals surface area contributed by atoms with E-state index in [1.165, 1.54) is 11.3 Å². The summed E-state index contributed by atoms with van der Waals surface area (Å²) in [7, 11) is 0. The molecule has 0 radical (unpaired) electrons. The van der Waals surface area contributed by atoms with Gasteiger partial charge < -0.3 is 9.47 Å². The van der Waals surface area contributed by atoms with E-state index in [2.05, 4.69) is 31.4 Å². The molecule has 0 amide bonds. The minimum absolute atomic E-state index is 0.468. The normalized spacial score (nSPS) is 10.9. The maximum Gasteiger partial charge on any atom is 0.203 e. The maximum atomic E-state index is 5.98. The van der Waals surface area contributed by atoms with E-state index in [9.17, 15) is 0 Å². The number of rotatable bonds is 9. The quantitative estimate of drug-likeness (QED) is 0.196. The molecule has 0 aliphatic carbocycles. The van der Waals surface area contributed by atoms with Gasteiger partial charge in [0.25, 0.3) is 0 Å². The highest BCUT2D eigenvalue weighted by Gasteiger charge is 2.07. The zero-order chi connectivity index (χ0) is 22.2. The summed E-state index contributed by atoms with van der Waals surface area (Å²) < 4.78 is 12.8. The van der Waals surface area contributed by atoms with Gasteiger partial charge in [-0.25, -0.2) is 4.98 Å².